The number of nitrogens with one attached hydrogen (secondary N) is 1. The molecule has 3 nitrogen and oxygen atoms in total. The van der Waals surface area contributed by atoms with E-state index in [-0.39, 0.29) is 0 Å². The minimum atomic E-state index is 0.904. The predicted molar refractivity (Wildman–Crippen MR) is 71.1 cm³/mol. The molecular weight excluding hydrogens is 210 g/mol. The highest BCUT2D eigenvalue weighted by atomic mass is 15.3. The number of aromatic nitrogens is 2. The molecule has 90 valence electrons. The third-order valence-electron chi connectivity index (χ3n) is 2.93. The molecule has 2 rings (SSSR count). The van der Waals surface area contributed by atoms with Crippen LogP contribution in [0.2, 0.25) is 0 Å². The van der Waals surface area contributed by atoms with Gasteiger partial charge in [0.25, 0.3) is 0 Å². The first-order chi connectivity index (χ1) is 8.20. The quantitative estimate of drug-likeness (QED) is 0.872. The fourth-order valence-corrected chi connectivity index (χ4v) is 1.90. The smallest absolute Gasteiger partial charge is 0.0568 e. The Kier molecular flexibility index (Phi) is 3.59. The van der Waals surface area contributed by atoms with Gasteiger partial charge in [-0.1, -0.05) is 23.8 Å². The molecule has 0 unspecified atom stereocenters. The van der Waals surface area contributed by atoms with E-state index in [1.165, 1.54) is 22.3 Å². The Balaban J connectivity index is 2.27. The van der Waals surface area contributed by atoms with Crippen molar-refractivity contribution in [1.82, 2.24) is 15.1 Å². The summed E-state index contributed by atoms with van der Waals surface area (Å²) >= 11 is 0. The highest BCUT2D eigenvalue weighted by Gasteiger charge is 2.05. The SMILES string of the molecule is CNCCn1cc(-c2cc(C)ccc2C)cn1. The molecule has 0 radical (unpaired) electrons. The molecule has 0 amide bonds. The lowest BCUT2D eigenvalue weighted by Crippen LogP contribution is -2.14. The summed E-state index contributed by atoms with van der Waals surface area (Å²) in [6, 6.07) is 6.52. The number of hydrogen-bond acceptors (Lipinski definition) is 2. The Morgan fingerprint density at radius 1 is 1.29 bits per heavy atom. The van der Waals surface area contributed by atoms with Gasteiger partial charge in [0.05, 0.1) is 12.7 Å². The maximum absolute atomic E-state index is 4.38. The van der Waals surface area contributed by atoms with E-state index in [0.717, 1.165) is 13.1 Å². The molecular formula is C14H19N3. The minimum Gasteiger partial charge on any atom is -0.318 e. The van der Waals surface area contributed by atoms with Gasteiger partial charge in [0.15, 0.2) is 0 Å². The predicted octanol–water partition coefficient (Wildman–Crippen LogP) is 2.39. The van der Waals surface area contributed by atoms with E-state index < -0.39 is 0 Å². The van der Waals surface area contributed by atoms with Crippen molar-refractivity contribution >= 4 is 0 Å². The molecule has 0 saturated heterocycles. The Morgan fingerprint density at radius 3 is 2.88 bits per heavy atom. The van der Waals surface area contributed by atoms with Gasteiger partial charge in [-0.2, -0.15) is 5.10 Å². The van der Waals surface area contributed by atoms with Crippen LogP contribution in [0.1, 0.15) is 11.1 Å². The van der Waals surface area contributed by atoms with Crippen LogP contribution in [0.25, 0.3) is 11.1 Å². The summed E-state index contributed by atoms with van der Waals surface area (Å²) < 4.78 is 1.98. The number of aryl methyl sites for hydroxylation is 2. The standard InChI is InChI=1S/C14H19N3/c1-11-4-5-12(2)14(8-11)13-9-16-17(10-13)7-6-15-3/h4-5,8-10,15H,6-7H2,1-3H3. The molecule has 0 aliphatic rings. The van der Waals surface area contributed by atoms with Crippen LogP contribution >= 0.6 is 0 Å². The van der Waals surface area contributed by atoms with Gasteiger partial charge < -0.3 is 5.32 Å². The number of rotatable bonds is 4. The zero-order valence-corrected chi connectivity index (χ0v) is 10.7. The van der Waals surface area contributed by atoms with Gasteiger partial charge in [-0.05, 0) is 32.0 Å². The zero-order chi connectivity index (χ0) is 12.3. The summed E-state index contributed by atoms with van der Waals surface area (Å²) in [5.41, 5.74) is 5.06. The monoisotopic (exact) mass is 229 g/mol. The Hall–Kier alpha value is -1.61. The summed E-state index contributed by atoms with van der Waals surface area (Å²) in [6.45, 7) is 6.10. The number of hydrogen-bond donors (Lipinski definition) is 1. The van der Waals surface area contributed by atoms with Crippen molar-refractivity contribution < 1.29 is 0 Å². The minimum absolute atomic E-state index is 0.904. The van der Waals surface area contributed by atoms with E-state index in [0.29, 0.717) is 0 Å². The van der Waals surface area contributed by atoms with Crippen molar-refractivity contribution in [1.29, 1.82) is 0 Å². The molecule has 0 aliphatic heterocycles. The van der Waals surface area contributed by atoms with Crippen LogP contribution in [0.15, 0.2) is 30.6 Å². The fraction of sp³-hybridized carbons (Fsp3) is 0.357. The fourth-order valence-electron chi connectivity index (χ4n) is 1.90. The van der Waals surface area contributed by atoms with Gasteiger partial charge in [0.2, 0.25) is 0 Å². The van der Waals surface area contributed by atoms with Crippen molar-refractivity contribution in [2.45, 2.75) is 20.4 Å². The Labute approximate surface area is 102 Å². The largest absolute Gasteiger partial charge is 0.318 e. The molecule has 0 bridgehead atoms. The summed E-state index contributed by atoms with van der Waals surface area (Å²) in [5.74, 6) is 0. The second kappa shape index (κ2) is 5.15. The first kappa shape index (κ1) is 11.9. The Bertz CT molecular complexity index is 500. The summed E-state index contributed by atoms with van der Waals surface area (Å²) in [7, 11) is 1.95. The van der Waals surface area contributed by atoms with Crippen LogP contribution in [0.5, 0.6) is 0 Å². The maximum Gasteiger partial charge on any atom is 0.0568 e. The maximum atomic E-state index is 4.38. The van der Waals surface area contributed by atoms with Crippen molar-refractivity contribution in [2.24, 2.45) is 0 Å². The zero-order valence-electron chi connectivity index (χ0n) is 10.7. The molecule has 17 heavy (non-hydrogen) atoms. The van der Waals surface area contributed by atoms with Crippen LogP contribution in [-0.4, -0.2) is 23.4 Å². The van der Waals surface area contributed by atoms with Crippen molar-refractivity contribution in [2.75, 3.05) is 13.6 Å². The Morgan fingerprint density at radius 2 is 2.12 bits per heavy atom. The van der Waals surface area contributed by atoms with E-state index in [9.17, 15) is 0 Å². The molecule has 2 aromatic rings. The van der Waals surface area contributed by atoms with Crippen LogP contribution in [0.3, 0.4) is 0 Å². The summed E-state index contributed by atoms with van der Waals surface area (Å²) in [5, 5.41) is 7.50. The molecule has 1 aromatic carbocycles. The molecule has 0 saturated carbocycles. The van der Waals surface area contributed by atoms with Gasteiger partial charge in [-0.15, -0.1) is 0 Å². The molecule has 0 fully saturated rings. The lowest BCUT2D eigenvalue weighted by Gasteiger charge is -2.04. The second-order valence-electron chi connectivity index (χ2n) is 4.41. The number of nitrogens with zero attached hydrogens (tertiary/aromatic N) is 2. The molecule has 1 heterocycles. The van der Waals surface area contributed by atoms with Gasteiger partial charge >= 0.3 is 0 Å². The van der Waals surface area contributed by atoms with Crippen molar-refractivity contribution in [3.63, 3.8) is 0 Å². The normalized spacial score (nSPS) is 10.8. The van der Waals surface area contributed by atoms with Gasteiger partial charge in [0.1, 0.15) is 0 Å². The van der Waals surface area contributed by atoms with E-state index >= 15 is 0 Å². The van der Waals surface area contributed by atoms with E-state index in [4.69, 9.17) is 0 Å². The highest BCUT2D eigenvalue weighted by molar-refractivity contribution is 5.66. The topological polar surface area (TPSA) is 29.9 Å². The van der Waals surface area contributed by atoms with Crippen molar-refractivity contribution in [3.8, 4) is 11.1 Å². The lowest BCUT2D eigenvalue weighted by atomic mass is 10.0. The molecule has 0 atom stereocenters. The van der Waals surface area contributed by atoms with E-state index in [1.807, 2.05) is 17.9 Å². The molecule has 3 heteroatoms. The number of likely N-dealkylation sites (N-methyl/N-ethyl adjacent to an activating group) is 1. The van der Waals surface area contributed by atoms with Crippen LogP contribution in [0, 0.1) is 13.8 Å². The van der Waals surface area contributed by atoms with Crippen LogP contribution in [-0.2, 0) is 6.54 Å². The number of benzene rings is 1. The average molecular weight is 229 g/mol. The molecule has 0 spiro atoms. The summed E-state index contributed by atoms with van der Waals surface area (Å²) in [4.78, 5) is 0. The lowest BCUT2D eigenvalue weighted by molar-refractivity contribution is 0.585. The van der Waals surface area contributed by atoms with Crippen molar-refractivity contribution in [3.05, 3.63) is 41.7 Å². The molecule has 0 aliphatic carbocycles. The molecule has 1 aromatic heterocycles. The highest BCUT2D eigenvalue weighted by Crippen LogP contribution is 2.23. The third kappa shape index (κ3) is 2.74. The van der Waals surface area contributed by atoms with Gasteiger partial charge in [-0.3, -0.25) is 4.68 Å². The first-order valence-corrected chi connectivity index (χ1v) is 5.95. The van der Waals surface area contributed by atoms with E-state index in [2.05, 4.69) is 48.7 Å². The average Bonchev–Trinajstić information content (AvgIpc) is 2.78. The third-order valence-corrected chi connectivity index (χ3v) is 2.93. The second-order valence-corrected chi connectivity index (χ2v) is 4.41. The van der Waals surface area contributed by atoms with Gasteiger partial charge in [-0.25, -0.2) is 0 Å². The van der Waals surface area contributed by atoms with Crippen LogP contribution in [0.4, 0.5) is 0 Å². The van der Waals surface area contributed by atoms with E-state index in [1.54, 1.807) is 0 Å². The van der Waals surface area contributed by atoms with Crippen LogP contribution < -0.4 is 5.32 Å². The summed E-state index contributed by atoms with van der Waals surface area (Å²) in [6.07, 6.45) is 4.05. The van der Waals surface area contributed by atoms with Gasteiger partial charge in [0, 0.05) is 18.3 Å². The molecule has 1 N–H and O–H groups in total. The first-order valence-electron chi connectivity index (χ1n) is 5.95.